The maximum atomic E-state index is 12.5. The molecule has 4 atom stereocenters. The Labute approximate surface area is 300 Å². The number of hydrogen-bond acceptors (Lipinski definition) is 5. The lowest BCUT2D eigenvalue weighted by atomic mass is 10.1. The number of aromatic nitrogens is 6. The first kappa shape index (κ1) is 33.9. The van der Waals surface area contributed by atoms with Gasteiger partial charge in [-0.25, -0.2) is 0 Å². The van der Waals surface area contributed by atoms with Crippen LogP contribution in [0.15, 0.2) is 60.9 Å². The lowest BCUT2D eigenvalue weighted by Gasteiger charge is -2.19. The fourth-order valence-electron chi connectivity index (χ4n) is 7.30. The molecule has 10 nitrogen and oxygen atoms in total. The van der Waals surface area contributed by atoms with Gasteiger partial charge < -0.3 is 19.0 Å². The molecule has 1 N–H and O–H groups in total. The molecular formula is C38H40Cl2N6O4. The second-order valence-corrected chi connectivity index (χ2v) is 15.3. The van der Waals surface area contributed by atoms with Crippen LogP contribution in [0.3, 0.4) is 0 Å². The second-order valence-electron chi connectivity index (χ2n) is 14.4. The highest BCUT2D eigenvalue weighted by Crippen LogP contribution is 2.52. The fourth-order valence-corrected chi connectivity index (χ4v) is 7.66. The second kappa shape index (κ2) is 12.3. The van der Waals surface area contributed by atoms with Crippen LogP contribution in [0.4, 0.5) is 0 Å². The zero-order valence-corrected chi connectivity index (χ0v) is 30.6. The summed E-state index contributed by atoms with van der Waals surface area (Å²) in [5.74, 6) is 0.887. The Kier molecular flexibility index (Phi) is 8.38. The molecule has 0 amide bonds. The maximum Gasteiger partial charge on any atom is 0.310 e. The number of carbonyl (C=O) groups excluding carboxylic acids is 1. The Bertz CT molecular complexity index is 2300. The predicted molar refractivity (Wildman–Crippen MR) is 195 cm³/mol. The fraction of sp³-hybridized carbons (Fsp3) is 0.368. The number of nitrogens with zero attached hydrogens (tertiary/aromatic N) is 6. The van der Waals surface area contributed by atoms with Gasteiger partial charge in [-0.2, -0.15) is 10.2 Å². The number of benzene rings is 2. The number of carboxylic acid groups (broad SMARTS) is 1. The SMILES string of the molecule is Cc1nn(C)c(-n2ccc3cc(Cl)ccc32)c1[C@@H]1C[C@H]1C(=O)O.Cc1nn(C)c(-n2ccc3cc(Cl)ccc32)c1[C@@H]1C[C@H]1C(=O)OC(C)(C)C. The molecule has 4 heterocycles. The largest absolute Gasteiger partial charge is 0.481 e. The van der Waals surface area contributed by atoms with Crippen LogP contribution in [-0.2, 0) is 28.4 Å². The number of rotatable bonds is 6. The Morgan fingerprint density at radius 3 is 1.62 bits per heavy atom. The number of fused-ring (bicyclic) bond motifs is 2. The van der Waals surface area contributed by atoms with Crippen molar-refractivity contribution in [2.75, 3.05) is 0 Å². The molecule has 2 fully saturated rings. The first-order valence-electron chi connectivity index (χ1n) is 16.7. The molecule has 0 saturated heterocycles. The minimum absolute atomic E-state index is 0.0425. The van der Waals surface area contributed by atoms with Crippen LogP contribution in [0.5, 0.6) is 0 Å². The number of esters is 1. The summed E-state index contributed by atoms with van der Waals surface area (Å²) >= 11 is 12.2. The van der Waals surface area contributed by atoms with Gasteiger partial charge in [0, 0.05) is 70.3 Å². The quantitative estimate of drug-likeness (QED) is 0.174. The van der Waals surface area contributed by atoms with Gasteiger partial charge in [-0.3, -0.25) is 19.0 Å². The van der Waals surface area contributed by atoms with E-state index in [0.717, 1.165) is 62.4 Å². The summed E-state index contributed by atoms with van der Waals surface area (Å²) in [6.45, 7) is 9.66. The number of ether oxygens (including phenoxy) is 1. The molecule has 0 aliphatic heterocycles. The molecule has 0 spiro atoms. The van der Waals surface area contributed by atoms with Crippen molar-refractivity contribution in [2.24, 2.45) is 25.9 Å². The number of carbonyl (C=O) groups is 2. The summed E-state index contributed by atoms with van der Waals surface area (Å²) in [7, 11) is 3.84. The minimum atomic E-state index is -0.728. The Balaban J connectivity index is 0.000000159. The van der Waals surface area contributed by atoms with E-state index in [-0.39, 0.29) is 29.6 Å². The lowest BCUT2D eigenvalue weighted by molar-refractivity contribution is -0.156. The zero-order chi connectivity index (χ0) is 35.8. The number of carboxylic acids is 1. The van der Waals surface area contributed by atoms with E-state index >= 15 is 0 Å². The molecule has 2 aliphatic carbocycles. The number of aliphatic carboxylic acids is 1. The van der Waals surface area contributed by atoms with Crippen molar-refractivity contribution >= 4 is 56.9 Å². The number of aryl methyl sites for hydroxylation is 4. The van der Waals surface area contributed by atoms with Crippen LogP contribution in [0.1, 0.15) is 68.0 Å². The first-order chi connectivity index (χ1) is 23.6. The van der Waals surface area contributed by atoms with Crippen molar-refractivity contribution in [3.63, 3.8) is 0 Å². The zero-order valence-electron chi connectivity index (χ0n) is 29.1. The highest BCUT2D eigenvalue weighted by Gasteiger charge is 2.49. The van der Waals surface area contributed by atoms with Gasteiger partial charge in [-0.15, -0.1) is 0 Å². The molecule has 0 unspecified atom stereocenters. The van der Waals surface area contributed by atoms with E-state index in [4.69, 9.17) is 27.9 Å². The summed E-state index contributed by atoms with van der Waals surface area (Å²) in [4.78, 5) is 23.8. The van der Waals surface area contributed by atoms with Gasteiger partial charge in [0.25, 0.3) is 0 Å². The summed E-state index contributed by atoms with van der Waals surface area (Å²) in [6, 6.07) is 15.7. The predicted octanol–water partition coefficient (Wildman–Crippen LogP) is 8.28. The van der Waals surface area contributed by atoms with E-state index < -0.39 is 11.6 Å². The summed E-state index contributed by atoms with van der Waals surface area (Å²) in [6.07, 6.45) is 5.50. The van der Waals surface area contributed by atoms with Crippen molar-refractivity contribution in [3.05, 3.63) is 93.5 Å². The van der Waals surface area contributed by atoms with E-state index in [9.17, 15) is 14.7 Å². The molecule has 2 aromatic carbocycles. The third-order valence-corrected chi connectivity index (χ3v) is 10.1. The molecule has 0 radical (unpaired) electrons. The van der Waals surface area contributed by atoms with Crippen molar-refractivity contribution in [2.45, 2.75) is 64.9 Å². The molecule has 4 aromatic heterocycles. The van der Waals surface area contributed by atoms with Gasteiger partial charge in [0.2, 0.25) is 0 Å². The smallest absolute Gasteiger partial charge is 0.310 e. The minimum Gasteiger partial charge on any atom is -0.481 e. The van der Waals surface area contributed by atoms with E-state index in [1.165, 1.54) is 0 Å². The standard InChI is InChI=1S/C21H24ClN3O2.C17H16ClN3O2/c1-12-18(15-11-16(15)20(26)27-21(2,3)4)19(24(5)23-12)25-9-8-13-10-14(22)6-7-17(13)25;1-9-15(12-8-13(12)17(22)23)16(20(2)19-9)21-6-5-10-7-11(18)3-4-14(10)21/h6-10,15-16H,11H2,1-5H3;3-7,12-13H,8H2,1-2H3,(H,22,23)/t15-,16-;12-,13-/m11/s1. The Morgan fingerprint density at radius 2 is 1.20 bits per heavy atom. The van der Waals surface area contributed by atoms with Crippen molar-refractivity contribution in [3.8, 4) is 11.6 Å². The van der Waals surface area contributed by atoms with Crippen molar-refractivity contribution < 1.29 is 19.4 Å². The normalized spacial score (nSPS) is 19.8. The highest BCUT2D eigenvalue weighted by molar-refractivity contribution is 6.31. The number of halogens is 2. The molecule has 2 aliphatic rings. The third kappa shape index (κ3) is 6.20. The third-order valence-electron chi connectivity index (χ3n) is 9.58. The van der Waals surface area contributed by atoms with Gasteiger partial charge in [0.15, 0.2) is 0 Å². The molecule has 0 bridgehead atoms. The van der Waals surface area contributed by atoms with Gasteiger partial charge in [-0.1, -0.05) is 23.2 Å². The average molecular weight is 716 g/mol. The maximum absolute atomic E-state index is 12.5. The summed E-state index contributed by atoms with van der Waals surface area (Å²) in [5.41, 5.74) is 5.65. The van der Waals surface area contributed by atoms with Gasteiger partial charge in [0.1, 0.15) is 17.2 Å². The van der Waals surface area contributed by atoms with Crippen LogP contribution in [0, 0.1) is 25.7 Å². The van der Waals surface area contributed by atoms with E-state index in [2.05, 4.69) is 19.3 Å². The topological polar surface area (TPSA) is 109 Å². The summed E-state index contributed by atoms with van der Waals surface area (Å²) in [5, 5.41) is 22.0. The molecule has 50 heavy (non-hydrogen) atoms. The Hall–Kier alpha value is -4.54. The lowest BCUT2D eigenvalue weighted by Crippen LogP contribution is -2.25. The monoisotopic (exact) mass is 714 g/mol. The van der Waals surface area contributed by atoms with Gasteiger partial charge in [0.05, 0.1) is 34.3 Å². The van der Waals surface area contributed by atoms with E-state index in [0.29, 0.717) is 16.5 Å². The number of hydrogen-bond donors (Lipinski definition) is 1. The van der Waals surface area contributed by atoms with Crippen LogP contribution >= 0.6 is 23.2 Å². The summed E-state index contributed by atoms with van der Waals surface area (Å²) < 4.78 is 13.5. The Morgan fingerprint density at radius 1 is 0.760 bits per heavy atom. The van der Waals surface area contributed by atoms with E-state index in [1.807, 2.05) is 119 Å². The molecule has 2 saturated carbocycles. The van der Waals surface area contributed by atoms with Crippen LogP contribution in [0.25, 0.3) is 33.4 Å². The first-order valence-corrected chi connectivity index (χ1v) is 17.4. The van der Waals surface area contributed by atoms with Crippen LogP contribution in [0.2, 0.25) is 10.0 Å². The van der Waals surface area contributed by atoms with Crippen LogP contribution < -0.4 is 0 Å². The van der Waals surface area contributed by atoms with Crippen molar-refractivity contribution in [1.82, 2.24) is 28.7 Å². The highest BCUT2D eigenvalue weighted by atomic mass is 35.5. The molecule has 12 heteroatoms. The molecular weight excluding hydrogens is 675 g/mol. The molecule has 8 rings (SSSR count). The van der Waals surface area contributed by atoms with Crippen LogP contribution in [-0.4, -0.2) is 51.3 Å². The van der Waals surface area contributed by atoms with Gasteiger partial charge in [-0.05, 0) is 96.0 Å². The van der Waals surface area contributed by atoms with E-state index in [1.54, 1.807) is 0 Å². The average Bonchev–Trinajstić information content (AvgIpc) is 3.85. The molecule has 6 aromatic rings. The molecule has 260 valence electrons. The van der Waals surface area contributed by atoms with Gasteiger partial charge >= 0.3 is 11.9 Å². The van der Waals surface area contributed by atoms with Crippen molar-refractivity contribution in [1.29, 1.82) is 0 Å².